The van der Waals surface area contributed by atoms with Gasteiger partial charge in [-0.3, -0.25) is 4.79 Å². The quantitative estimate of drug-likeness (QED) is 0.461. The normalized spacial score (nSPS) is 10.7. The number of thiazole rings is 1. The van der Waals surface area contributed by atoms with Crippen LogP contribution in [-0.4, -0.2) is 34.4 Å². The highest BCUT2D eigenvalue weighted by Gasteiger charge is 2.15. The van der Waals surface area contributed by atoms with Crippen LogP contribution in [0.25, 0.3) is 16.4 Å². The van der Waals surface area contributed by atoms with Gasteiger partial charge in [0, 0.05) is 17.0 Å². The SMILES string of the molecule is COc1ccc(OCC(=O)Nc2cc(C)nn2-c2nc(-c3ccc(F)cc3)cs2)cc1. The van der Waals surface area contributed by atoms with Gasteiger partial charge in [-0.05, 0) is 55.5 Å². The predicted molar refractivity (Wildman–Crippen MR) is 116 cm³/mol. The maximum atomic E-state index is 13.2. The minimum Gasteiger partial charge on any atom is -0.497 e. The van der Waals surface area contributed by atoms with Crippen LogP contribution in [-0.2, 0) is 4.79 Å². The zero-order chi connectivity index (χ0) is 21.8. The largest absolute Gasteiger partial charge is 0.497 e. The summed E-state index contributed by atoms with van der Waals surface area (Å²) in [5.41, 5.74) is 2.23. The summed E-state index contributed by atoms with van der Waals surface area (Å²) in [5.74, 6) is 1.13. The number of hydrogen-bond acceptors (Lipinski definition) is 6. The average Bonchev–Trinajstić information content (AvgIpc) is 3.40. The lowest BCUT2D eigenvalue weighted by Crippen LogP contribution is -2.21. The van der Waals surface area contributed by atoms with Gasteiger partial charge in [-0.15, -0.1) is 11.3 Å². The topological polar surface area (TPSA) is 78.3 Å². The van der Waals surface area contributed by atoms with Crippen LogP contribution in [0.3, 0.4) is 0 Å². The van der Waals surface area contributed by atoms with Crippen molar-refractivity contribution in [2.75, 3.05) is 19.0 Å². The van der Waals surface area contributed by atoms with E-state index < -0.39 is 0 Å². The van der Waals surface area contributed by atoms with Gasteiger partial charge in [-0.2, -0.15) is 9.78 Å². The Morgan fingerprint density at radius 2 is 1.84 bits per heavy atom. The van der Waals surface area contributed by atoms with E-state index in [-0.39, 0.29) is 18.3 Å². The van der Waals surface area contributed by atoms with Crippen molar-refractivity contribution >= 4 is 23.1 Å². The molecule has 0 fully saturated rings. The minimum atomic E-state index is -0.327. The van der Waals surface area contributed by atoms with Crippen LogP contribution in [0.15, 0.2) is 60.0 Å². The van der Waals surface area contributed by atoms with Gasteiger partial charge in [-0.25, -0.2) is 9.37 Å². The van der Waals surface area contributed by atoms with Crippen molar-refractivity contribution in [1.29, 1.82) is 0 Å². The van der Waals surface area contributed by atoms with E-state index in [2.05, 4.69) is 15.4 Å². The van der Waals surface area contributed by atoms with Crippen molar-refractivity contribution in [3.63, 3.8) is 0 Å². The summed E-state index contributed by atoms with van der Waals surface area (Å²) >= 11 is 1.37. The van der Waals surface area contributed by atoms with Gasteiger partial charge < -0.3 is 14.8 Å². The summed E-state index contributed by atoms with van der Waals surface area (Å²) in [5, 5.41) is 9.68. The van der Waals surface area contributed by atoms with Gasteiger partial charge in [-0.1, -0.05) is 0 Å². The van der Waals surface area contributed by atoms with E-state index in [4.69, 9.17) is 9.47 Å². The van der Waals surface area contributed by atoms with Crippen LogP contribution in [0.5, 0.6) is 11.5 Å². The second-order valence-electron chi connectivity index (χ2n) is 6.62. The first-order valence-electron chi connectivity index (χ1n) is 9.37. The number of hydrogen-bond donors (Lipinski definition) is 1. The lowest BCUT2D eigenvalue weighted by atomic mass is 10.2. The molecule has 0 spiro atoms. The van der Waals surface area contributed by atoms with Crippen molar-refractivity contribution < 1.29 is 18.7 Å². The Bertz CT molecular complexity index is 1190. The van der Waals surface area contributed by atoms with E-state index in [1.807, 2.05) is 12.3 Å². The number of carbonyl (C=O) groups excluding carboxylic acids is 1. The molecule has 7 nitrogen and oxygen atoms in total. The number of aryl methyl sites for hydroxylation is 1. The van der Waals surface area contributed by atoms with E-state index in [0.717, 1.165) is 11.3 Å². The van der Waals surface area contributed by atoms with Crippen LogP contribution in [0, 0.1) is 12.7 Å². The molecule has 31 heavy (non-hydrogen) atoms. The monoisotopic (exact) mass is 438 g/mol. The van der Waals surface area contributed by atoms with Gasteiger partial charge in [0.15, 0.2) is 6.61 Å². The Labute approximate surface area is 182 Å². The number of nitrogens with one attached hydrogen (secondary N) is 1. The minimum absolute atomic E-state index is 0.157. The molecule has 0 aliphatic carbocycles. The van der Waals surface area contributed by atoms with Crippen LogP contribution in [0.1, 0.15) is 5.69 Å². The molecule has 158 valence electrons. The van der Waals surface area contributed by atoms with Crippen LogP contribution in [0.4, 0.5) is 10.2 Å². The zero-order valence-electron chi connectivity index (χ0n) is 16.8. The number of rotatable bonds is 7. The Hall–Kier alpha value is -3.72. The van der Waals surface area contributed by atoms with E-state index >= 15 is 0 Å². The third-order valence-corrected chi connectivity index (χ3v) is 5.16. The third kappa shape index (κ3) is 4.89. The number of methoxy groups -OCH3 is 1. The molecule has 0 saturated carbocycles. The number of ether oxygens (including phenoxy) is 2. The van der Waals surface area contributed by atoms with E-state index in [1.54, 1.807) is 54.3 Å². The highest BCUT2D eigenvalue weighted by Crippen LogP contribution is 2.26. The fourth-order valence-electron chi connectivity index (χ4n) is 2.85. The molecule has 0 atom stereocenters. The molecule has 1 N–H and O–H groups in total. The van der Waals surface area contributed by atoms with E-state index in [0.29, 0.717) is 28.1 Å². The molecule has 0 aliphatic heterocycles. The number of amides is 1. The smallest absolute Gasteiger partial charge is 0.263 e. The van der Waals surface area contributed by atoms with Gasteiger partial charge in [0.2, 0.25) is 5.13 Å². The van der Waals surface area contributed by atoms with Gasteiger partial charge in [0.05, 0.1) is 18.5 Å². The Morgan fingerprint density at radius 3 is 2.55 bits per heavy atom. The molecule has 2 heterocycles. The highest BCUT2D eigenvalue weighted by molar-refractivity contribution is 7.12. The molecule has 2 aromatic carbocycles. The van der Waals surface area contributed by atoms with Crippen molar-refractivity contribution in [2.24, 2.45) is 0 Å². The summed E-state index contributed by atoms with van der Waals surface area (Å²) < 4.78 is 25.4. The van der Waals surface area contributed by atoms with Crippen molar-refractivity contribution in [3.05, 3.63) is 71.5 Å². The Kier molecular flexibility index (Phi) is 5.94. The molecule has 0 radical (unpaired) electrons. The summed E-state index contributed by atoms with van der Waals surface area (Å²) in [4.78, 5) is 17.0. The summed E-state index contributed by atoms with van der Waals surface area (Å²) in [6.07, 6.45) is 0. The summed E-state index contributed by atoms with van der Waals surface area (Å²) in [6.45, 7) is 1.67. The fourth-order valence-corrected chi connectivity index (χ4v) is 3.64. The number of nitrogens with zero attached hydrogens (tertiary/aromatic N) is 3. The first-order chi connectivity index (χ1) is 15.0. The van der Waals surface area contributed by atoms with Gasteiger partial charge in [0.1, 0.15) is 23.1 Å². The second kappa shape index (κ2) is 8.97. The molecule has 2 aromatic heterocycles. The lowest BCUT2D eigenvalue weighted by molar-refractivity contribution is -0.118. The number of halogens is 1. The van der Waals surface area contributed by atoms with Crippen molar-refractivity contribution in [3.8, 4) is 27.9 Å². The molecule has 4 aromatic rings. The maximum absolute atomic E-state index is 13.2. The van der Waals surface area contributed by atoms with Gasteiger partial charge >= 0.3 is 0 Å². The zero-order valence-corrected chi connectivity index (χ0v) is 17.6. The van der Waals surface area contributed by atoms with Crippen molar-refractivity contribution in [2.45, 2.75) is 6.92 Å². The fraction of sp³-hybridized carbons (Fsp3) is 0.136. The van der Waals surface area contributed by atoms with Crippen LogP contribution < -0.4 is 14.8 Å². The van der Waals surface area contributed by atoms with Crippen molar-refractivity contribution in [1.82, 2.24) is 14.8 Å². The molecule has 0 saturated heterocycles. The average molecular weight is 438 g/mol. The molecular formula is C22H19FN4O3S. The third-order valence-electron chi connectivity index (χ3n) is 4.34. The molecule has 0 bridgehead atoms. The molecule has 1 amide bonds. The number of anilines is 1. The van der Waals surface area contributed by atoms with Gasteiger partial charge in [0.25, 0.3) is 5.91 Å². The highest BCUT2D eigenvalue weighted by atomic mass is 32.1. The number of carbonyl (C=O) groups is 1. The van der Waals surface area contributed by atoms with E-state index in [9.17, 15) is 9.18 Å². The lowest BCUT2D eigenvalue weighted by Gasteiger charge is -2.09. The summed E-state index contributed by atoms with van der Waals surface area (Å²) in [7, 11) is 1.58. The molecule has 0 unspecified atom stereocenters. The number of benzene rings is 2. The molecule has 9 heteroatoms. The summed E-state index contributed by atoms with van der Waals surface area (Å²) in [6, 6.07) is 14.8. The Morgan fingerprint density at radius 1 is 1.13 bits per heavy atom. The Balaban J connectivity index is 1.45. The molecule has 0 aliphatic rings. The number of aromatic nitrogens is 3. The maximum Gasteiger partial charge on any atom is 0.263 e. The van der Waals surface area contributed by atoms with E-state index in [1.165, 1.54) is 23.5 Å². The molecular weight excluding hydrogens is 419 g/mol. The second-order valence-corrected chi connectivity index (χ2v) is 7.45. The van der Waals surface area contributed by atoms with Crippen LogP contribution in [0.2, 0.25) is 0 Å². The standard InChI is InChI=1S/C22H19FN4O3S/c1-14-11-20(25-21(28)12-30-18-9-7-17(29-2)8-10-18)27(26-14)22-24-19(13-31-22)15-3-5-16(23)6-4-15/h3-11,13H,12H2,1-2H3,(H,25,28). The van der Waals surface area contributed by atoms with Crippen LogP contribution >= 0.6 is 11.3 Å². The first-order valence-corrected chi connectivity index (χ1v) is 10.2. The molecule has 4 rings (SSSR count). The first kappa shape index (κ1) is 20.5. The predicted octanol–water partition coefficient (Wildman–Crippen LogP) is 4.47.